The maximum atomic E-state index is 6.61. The molecular formula is C22H26N2O. The highest BCUT2D eigenvalue weighted by Crippen LogP contribution is 2.49. The fraction of sp³-hybridized carbons (Fsp3) is 0.500. The maximum Gasteiger partial charge on any atom is 0.123 e. The lowest BCUT2D eigenvalue weighted by Gasteiger charge is -2.55. The molecule has 3 saturated heterocycles. The van der Waals surface area contributed by atoms with Gasteiger partial charge in [0, 0.05) is 30.8 Å². The van der Waals surface area contributed by atoms with Gasteiger partial charge < -0.3 is 4.74 Å². The van der Waals surface area contributed by atoms with Crippen LogP contribution in [0, 0.1) is 11.8 Å². The van der Waals surface area contributed by atoms with Crippen LogP contribution in [0.4, 0.5) is 0 Å². The quantitative estimate of drug-likeness (QED) is 0.855. The summed E-state index contributed by atoms with van der Waals surface area (Å²) in [5.74, 6) is 2.47. The van der Waals surface area contributed by atoms with Gasteiger partial charge in [-0.3, -0.25) is 9.88 Å². The first-order chi connectivity index (χ1) is 12.2. The second-order valence-electron chi connectivity index (χ2n) is 8.23. The zero-order valence-corrected chi connectivity index (χ0v) is 14.9. The number of hydrogen-bond acceptors (Lipinski definition) is 3. The molecule has 3 atom stereocenters. The Labute approximate surface area is 150 Å². The molecule has 130 valence electrons. The van der Waals surface area contributed by atoms with Crippen molar-refractivity contribution in [2.75, 3.05) is 13.1 Å². The monoisotopic (exact) mass is 334 g/mol. The molecule has 0 N–H and O–H groups in total. The molecule has 3 nitrogen and oxygen atoms in total. The lowest BCUT2D eigenvalue weighted by atomic mass is 9.64. The average molecular weight is 334 g/mol. The molecule has 4 aliphatic heterocycles. The molecule has 0 saturated carbocycles. The molecule has 3 heteroatoms. The van der Waals surface area contributed by atoms with E-state index in [-0.39, 0.29) is 5.60 Å². The summed E-state index contributed by atoms with van der Waals surface area (Å²) in [6.45, 7) is 4.85. The predicted molar refractivity (Wildman–Crippen MR) is 98.7 cm³/mol. The van der Waals surface area contributed by atoms with Gasteiger partial charge in [-0.1, -0.05) is 24.3 Å². The largest absolute Gasteiger partial charge is 0.487 e. The van der Waals surface area contributed by atoms with Crippen LogP contribution in [0.2, 0.25) is 0 Å². The van der Waals surface area contributed by atoms with Crippen molar-refractivity contribution in [1.29, 1.82) is 0 Å². The van der Waals surface area contributed by atoms with Crippen LogP contribution in [0.3, 0.4) is 0 Å². The van der Waals surface area contributed by atoms with Gasteiger partial charge >= 0.3 is 0 Å². The van der Waals surface area contributed by atoms with E-state index in [0.29, 0.717) is 12.0 Å². The molecule has 0 amide bonds. The molecule has 1 aromatic carbocycles. The smallest absolute Gasteiger partial charge is 0.123 e. The van der Waals surface area contributed by atoms with Crippen molar-refractivity contribution in [3.63, 3.8) is 0 Å². The number of benzene rings is 1. The van der Waals surface area contributed by atoms with E-state index in [4.69, 9.17) is 4.74 Å². The van der Waals surface area contributed by atoms with Crippen LogP contribution in [0.5, 0.6) is 5.75 Å². The molecule has 2 aromatic rings. The van der Waals surface area contributed by atoms with Crippen LogP contribution in [-0.4, -0.2) is 34.6 Å². The molecule has 0 radical (unpaired) electrons. The van der Waals surface area contributed by atoms with Gasteiger partial charge in [0.2, 0.25) is 0 Å². The predicted octanol–water partition coefficient (Wildman–Crippen LogP) is 3.73. The van der Waals surface area contributed by atoms with Crippen molar-refractivity contribution < 1.29 is 4.74 Å². The lowest BCUT2D eigenvalue weighted by Crippen LogP contribution is -2.63. The summed E-state index contributed by atoms with van der Waals surface area (Å²) in [7, 11) is 0. The standard InChI is InChI=1S/C22H26N2O/c1-22(14-18-6-2-3-7-20(18)25-22)21-17-8-11-24(12-9-17)19(21)13-16-5-4-10-23-15-16/h2-7,10,15,17,19,21H,8-9,11-14H2,1H3. The van der Waals surface area contributed by atoms with Gasteiger partial charge in [0.05, 0.1) is 0 Å². The summed E-state index contributed by atoms with van der Waals surface area (Å²) >= 11 is 0. The Hall–Kier alpha value is -1.87. The van der Waals surface area contributed by atoms with Crippen molar-refractivity contribution in [2.45, 2.75) is 44.2 Å². The minimum Gasteiger partial charge on any atom is -0.487 e. The molecule has 0 aliphatic carbocycles. The molecular weight excluding hydrogens is 308 g/mol. The molecule has 6 rings (SSSR count). The van der Waals surface area contributed by atoms with Crippen molar-refractivity contribution in [1.82, 2.24) is 9.88 Å². The van der Waals surface area contributed by atoms with E-state index in [1.165, 1.54) is 37.1 Å². The number of aromatic nitrogens is 1. The van der Waals surface area contributed by atoms with Crippen molar-refractivity contribution >= 4 is 0 Å². The summed E-state index contributed by atoms with van der Waals surface area (Å²) in [6, 6.07) is 13.4. The number of piperidine rings is 3. The second-order valence-corrected chi connectivity index (χ2v) is 8.23. The molecule has 3 fully saturated rings. The van der Waals surface area contributed by atoms with Gasteiger partial charge in [-0.05, 0) is 68.5 Å². The van der Waals surface area contributed by atoms with E-state index in [9.17, 15) is 0 Å². The number of nitrogens with zero attached hydrogens (tertiary/aromatic N) is 2. The van der Waals surface area contributed by atoms with Gasteiger partial charge in [-0.2, -0.15) is 0 Å². The van der Waals surface area contributed by atoms with Crippen LogP contribution in [0.1, 0.15) is 30.9 Å². The molecule has 4 aliphatic rings. The number of fused-ring (bicyclic) bond motifs is 4. The highest BCUT2D eigenvalue weighted by atomic mass is 16.5. The van der Waals surface area contributed by atoms with E-state index in [1.807, 2.05) is 12.4 Å². The topological polar surface area (TPSA) is 25.4 Å². The fourth-order valence-corrected chi connectivity index (χ4v) is 5.67. The number of pyridine rings is 1. The Morgan fingerprint density at radius 2 is 2.00 bits per heavy atom. The van der Waals surface area contributed by atoms with E-state index < -0.39 is 0 Å². The lowest BCUT2D eigenvalue weighted by molar-refractivity contribution is -0.0981. The first-order valence-corrected chi connectivity index (χ1v) is 9.63. The summed E-state index contributed by atoms with van der Waals surface area (Å²) in [6.07, 6.45) is 8.68. The van der Waals surface area contributed by atoms with Crippen molar-refractivity contribution in [3.8, 4) is 5.75 Å². The first-order valence-electron chi connectivity index (χ1n) is 9.63. The summed E-state index contributed by atoms with van der Waals surface area (Å²) in [5.41, 5.74) is 2.64. The van der Waals surface area contributed by atoms with E-state index >= 15 is 0 Å². The Kier molecular flexibility index (Phi) is 3.60. The van der Waals surface area contributed by atoms with Crippen LogP contribution >= 0.6 is 0 Å². The Balaban J connectivity index is 1.47. The SMILES string of the molecule is CC1(C2C3CCN(CC3)C2Cc2cccnc2)Cc2ccccc2O1. The third-order valence-corrected chi connectivity index (χ3v) is 6.70. The summed E-state index contributed by atoms with van der Waals surface area (Å²) < 4.78 is 6.61. The van der Waals surface area contributed by atoms with Crippen molar-refractivity contribution in [2.24, 2.45) is 11.8 Å². The van der Waals surface area contributed by atoms with Crippen LogP contribution < -0.4 is 4.74 Å². The number of rotatable bonds is 3. The highest BCUT2D eigenvalue weighted by Gasteiger charge is 2.53. The molecule has 2 bridgehead atoms. The molecule has 25 heavy (non-hydrogen) atoms. The van der Waals surface area contributed by atoms with Crippen LogP contribution in [-0.2, 0) is 12.8 Å². The van der Waals surface area contributed by atoms with Crippen LogP contribution in [0.15, 0.2) is 48.8 Å². The normalized spacial score (nSPS) is 36.0. The van der Waals surface area contributed by atoms with Gasteiger partial charge in [0.15, 0.2) is 0 Å². The average Bonchev–Trinajstić information content (AvgIpc) is 3.00. The molecule has 3 unspecified atom stereocenters. The number of ether oxygens (including phenoxy) is 1. The van der Waals surface area contributed by atoms with Gasteiger partial charge in [-0.15, -0.1) is 0 Å². The van der Waals surface area contributed by atoms with Gasteiger partial charge in [0.1, 0.15) is 11.4 Å². The Bertz CT molecular complexity index is 727. The zero-order valence-electron chi connectivity index (χ0n) is 14.9. The molecule has 0 spiro atoms. The van der Waals surface area contributed by atoms with E-state index in [1.54, 1.807) is 0 Å². The fourth-order valence-electron chi connectivity index (χ4n) is 5.67. The third kappa shape index (κ3) is 2.56. The second kappa shape index (κ2) is 5.84. The first kappa shape index (κ1) is 15.4. The highest BCUT2D eigenvalue weighted by molar-refractivity contribution is 5.39. The zero-order chi connectivity index (χ0) is 16.9. The summed E-state index contributed by atoms with van der Waals surface area (Å²) in [4.78, 5) is 7.05. The number of hydrogen-bond donors (Lipinski definition) is 0. The van der Waals surface area contributed by atoms with E-state index in [2.05, 4.69) is 53.2 Å². The molecule has 5 heterocycles. The van der Waals surface area contributed by atoms with Gasteiger partial charge in [0.25, 0.3) is 0 Å². The minimum atomic E-state index is -0.0830. The molecule has 1 aromatic heterocycles. The third-order valence-electron chi connectivity index (χ3n) is 6.70. The summed E-state index contributed by atoms with van der Waals surface area (Å²) in [5, 5.41) is 0. The maximum absolute atomic E-state index is 6.61. The minimum absolute atomic E-state index is 0.0830. The van der Waals surface area contributed by atoms with E-state index in [0.717, 1.165) is 24.5 Å². The Morgan fingerprint density at radius 3 is 2.76 bits per heavy atom. The number of para-hydroxylation sites is 1. The Morgan fingerprint density at radius 1 is 1.16 bits per heavy atom. The van der Waals surface area contributed by atoms with Gasteiger partial charge in [-0.25, -0.2) is 0 Å². The van der Waals surface area contributed by atoms with Crippen molar-refractivity contribution in [3.05, 3.63) is 59.9 Å². The van der Waals surface area contributed by atoms with Crippen LogP contribution in [0.25, 0.3) is 0 Å².